The molecule has 0 radical (unpaired) electrons. The Bertz CT molecular complexity index is 479. The van der Waals surface area contributed by atoms with Crippen molar-refractivity contribution in [2.24, 2.45) is 5.92 Å². The lowest BCUT2D eigenvalue weighted by Gasteiger charge is -2.12. The number of hydrogen-bond donors (Lipinski definition) is 3. The van der Waals surface area contributed by atoms with E-state index in [1.165, 1.54) is 18.2 Å². The van der Waals surface area contributed by atoms with Gasteiger partial charge in [0.15, 0.2) is 0 Å². The standard InChI is InChI=1S/C15H19NO4/c1-2-11(9-15(19)20)10-16-14(18)8-5-12-3-6-13(17)7-4-12/h3-8,11,17H,2,9-10H2,1H3,(H,16,18)(H,19,20)/b8-5+. The van der Waals surface area contributed by atoms with Crippen LogP contribution < -0.4 is 5.32 Å². The van der Waals surface area contributed by atoms with Gasteiger partial charge in [-0.2, -0.15) is 0 Å². The number of benzene rings is 1. The fourth-order valence-electron chi connectivity index (χ4n) is 1.67. The second-order valence-electron chi connectivity index (χ2n) is 4.54. The number of nitrogens with one attached hydrogen (secondary N) is 1. The highest BCUT2D eigenvalue weighted by atomic mass is 16.4. The molecule has 0 saturated carbocycles. The van der Waals surface area contributed by atoms with Gasteiger partial charge < -0.3 is 15.5 Å². The first-order chi connectivity index (χ1) is 9.51. The summed E-state index contributed by atoms with van der Waals surface area (Å²) in [6, 6.07) is 6.46. The van der Waals surface area contributed by atoms with Crippen molar-refractivity contribution in [2.75, 3.05) is 6.54 Å². The van der Waals surface area contributed by atoms with Crippen LogP contribution in [0.3, 0.4) is 0 Å². The van der Waals surface area contributed by atoms with E-state index >= 15 is 0 Å². The molecule has 20 heavy (non-hydrogen) atoms. The zero-order valence-electron chi connectivity index (χ0n) is 11.4. The predicted molar refractivity (Wildman–Crippen MR) is 76.2 cm³/mol. The van der Waals surface area contributed by atoms with Crippen LogP contribution in [-0.4, -0.2) is 28.6 Å². The molecule has 1 rings (SSSR count). The summed E-state index contributed by atoms with van der Waals surface area (Å²) in [5.74, 6) is -1.00. The number of rotatable bonds is 7. The molecule has 0 fully saturated rings. The van der Waals surface area contributed by atoms with E-state index in [9.17, 15) is 9.59 Å². The fraction of sp³-hybridized carbons (Fsp3) is 0.333. The Morgan fingerprint density at radius 1 is 1.30 bits per heavy atom. The van der Waals surface area contributed by atoms with Crippen LogP contribution in [0.15, 0.2) is 30.3 Å². The average Bonchev–Trinajstić information content (AvgIpc) is 2.42. The molecule has 1 amide bonds. The third-order valence-corrected chi connectivity index (χ3v) is 2.93. The van der Waals surface area contributed by atoms with E-state index in [1.54, 1.807) is 18.2 Å². The van der Waals surface area contributed by atoms with E-state index in [1.807, 2.05) is 6.92 Å². The first-order valence-corrected chi connectivity index (χ1v) is 6.48. The summed E-state index contributed by atoms with van der Waals surface area (Å²) in [5, 5.41) is 20.5. The van der Waals surface area contributed by atoms with E-state index in [2.05, 4.69) is 5.32 Å². The van der Waals surface area contributed by atoms with Crippen molar-refractivity contribution in [3.05, 3.63) is 35.9 Å². The topological polar surface area (TPSA) is 86.6 Å². The molecule has 0 saturated heterocycles. The van der Waals surface area contributed by atoms with Crippen molar-refractivity contribution in [3.63, 3.8) is 0 Å². The molecule has 1 aromatic rings. The summed E-state index contributed by atoms with van der Waals surface area (Å²) in [5.41, 5.74) is 0.801. The van der Waals surface area contributed by atoms with Crippen LogP contribution >= 0.6 is 0 Å². The van der Waals surface area contributed by atoms with Gasteiger partial charge in [-0.1, -0.05) is 25.5 Å². The van der Waals surface area contributed by atoms with Gasteiger partial charge in [-0.05, 0) is 29.7 Å². The molecule has 3 N–H and O–H groups in total. The summed E-state index contributed by atoms with van der Waals surface area (Å²) in [6.07, 6.45) is 3.78. The van der Waals surface area contributed by atoms with Crippen molar-refractivity contribution in [2.45, 2.75) is 19.8 Å². The SMILES string of the molecule is CCC(CNC(=O)/C=C/c1ccc(O)cc1)CC(=O)O. The molecule has 108 valence electrons. The van der Waals surface area contributed by atoms with Crippen molar-refractivity contribution >= 4 is 18.0 Å². The molecule has 0 aromatic heterocycles. The van der Waals surface area contributed by atoms with E-state index in [-0.39, 0.29) is 24.0 Å². The summed E-state index contributed by atoms with van der Waals surface area (Å²) in [4.78, 5) is 22.2. The molecule has 0 aliphatic rings. The zero-order chi connectivity index (χ0) is 15.0. The molecule has 5 nitrogen and oxygen atoms in total. The van der Waals surface area contributed by atoms with Gasteiger partial charge in [0, 0.05) is 19.0 Å². The summed E-state index contributed by atoms with van der Waals surface area (Å²) < 4.78 is 0. The van der Waals surface area contributed by atoms with Crippen LogP contribution in [0.4, 0.5) is 0 Å². The van der Waals surface area contributed by atoms with Gasteiger partial charge in [-0.15, -0.1) is 0 Å². The number of carbonyl (C=O) groups excluding carboxylic acids is 1. The minimum absolute atomic E-state index is 0.0540. The maximum atomic E-state index is 11.6. The number of phenols is 1. The largest absolute Gasteiger partial charge is 0.508 e. The van der Waals surface area contributed by atoms with Crippen LogP contribution in [0.25, 0.3) is 6.08 Å². The van der Waals surface area contributed by atoms with Gasteiger partial charge in [0.05, 0.1) is 0 Å². The highest BCUT2D eigenvalue weighted by Crippen LogP contribution is 2.10. The monoisotopic (exact) mass is 277 g/mol. The number of phenolic OH excluding ortho intramolecular Hbond substituents is 1. The third kappa shape index (κ3) is 6.04. The number of amides is 1. The van der Waals surface area contributed by atoms with Crippen molar-refractivity contribution in [1.29, 1.82) is 0 Å². The first kappa shape index (κ1) is 15.8. The number of carboxylic acids is 1. The predicted octanol–water partition coefficient (Wildman–Crippen LogP) is 2.02. The van der Waals surface area contributed by atoms with Crippen LogP contribution in [-0.2, 0) is 9.59 Å². The van der Waals surface area contributed by atoms with Crippen molar-refractivity contribution < 1.29 is 19.8 Å². The molecule has 0 aliphatic carbocycles. The Labute approximate surface area is 117 Å². The zero-order valence-corrected chi connectivity index (χ0v) is 11.4. The van der Waals surface area contributed by atoms with E-state index < -0.39 is 5.97 Å². The summed E-state index contributed by atoms with van der Waals surface area (Å²) in [7, 11) is 0. The molecule has 5 heteroatoms. The van der Waals surface area contributed by atoms with E-state index in [0.29, 0.717) is 13.0 Å². The van der Waals surface area contributed by atoms with Crippen LogP contribution in [0.1, 0.15) is 25.3 Å². The Kier molecular flexibility index (Phi) is 6.29. The quantitative estimate of drug-likeness (QED) is 0.665. The molecular formula is C15H19NO4. The number of aliphatic carboxylic acids is 1. The highest BCUT2D eigenvalue weighted by molar-refractivity contribution is 5.91. The van der Waals surface area contributed by atoms with Crippen molar-refractivity contribution in [3.8, 4) is 5.75 Å². The Morgan fingerprint density at radius 3 is 2.50 bits per heavy atom. The number of carbonyl (C=O) groups is 2. The molecule has 0 aliphatic heterocycles. The minimum atomic E-state index is -0.856. The maximum Gasteiger partial charge on any atom is 0.303 e. The van der Waals surface area contributed by atoms with Gasteiger partial charge in [0.2, 0.25) is 5.91 Å². The van der Waals surface area contributed by atoms with Crippen LogP contribution in [0.5, 0.6) is 5.75 Å². The smallest absolute Gasteiger partial charge is 0.303 e. The van der Waals surface area contributed by atoms with Crippen LogP contribution in [0.2, 0.25) is 0 Å². The van der Waals surface area contributed by atoms with Gasteiger partial charge >= 0.3 is 5.97 Å². The Hall–Kier alpha value is -2.30. The summed E-state index contributed by atoms with van der Waals surface area (Å²) >= 11 is 0. The molecule has 1 unspecified atom stereocenters. The average molecular weight is 277 g/mol. The van der Waals surface area contributed by atoms with E-state index in [4.69, 9.17) is 10.2 Å². The fourth-order valence-corrected chi connectivity index (χ4v) is 1.67. The lowest BCUT2D eigenvalue weighted by molar-refractivity contribution is -0.138. The number of carboxylic acid groups (broad SMARTS) is 1. The molecule has 0 spiro atoms. The third-order valence-electron chi connectivity index (χ3n) is 2.93. The second kappa shape index (κ2) is 7.99. The van der Waals surface area contributed by atoms with Gasteiger partial charge in [0.1, 0.15) is 5.75 Å². The van der Waals surface area contributed by atoms with Gasteiger partial charge in [-0.25, -0.2) is 0 Å². The first-order valence-electron chi connectivity index (χ1n) is 6.48. The molecule has 0 bridgehead atoms. The molecule has 1 aromatic carbocycles. The second-order valence-corrected chi connectivity index (χ2v) is 4.54. The molecule has 0 heterocycles. The number of aromatic hydroxyl groups is 1. The van der Waals surface area contributed by atoms with Gasteiger partial charge in [0.25, 0.3) is 0 Å². The summed E-state index contributed by atoms with van der Waals surface area (Å²) in [6.45, 7) is 2.24. The number of hydrogen-bond acceptors (Lipinski definition) is 3. The maximum absolute atomic E-state index is 11.6. The lowest BCUT2D eigenvalue weighted by Crippen LogP contribution is -2.28. The van der Waals surface area contributed by atoms with E-state index in [0.717, 1.165) is 5.56 Å². The Balaban J connectivity index is 2.43. The lowest BCUT2D eigenvalue weighted by atomic mass is 10.0. The highest BCUT2D eigenvalue weighted by Gasteiger charge is 2.11. The van der Waals surface area contributed by atoms with Crippen molar-refractivity contribution in [1.82, 2.24) is 5.32 Å². The molecular weight excluding hydrogens is 258 g/mol. The Morgan fingerprint density at radius 2 is 1.95 bits per heavy atom. The van der Waals surface area contributed by atoms with Crippen LogP contribution in [0, 0.1) is 5.92 Å². The normalized spacial score (nSPS) is 12.2. The minimum Gasteiger partial charge on any atom is -0.508 e. The molecule has 1 atom stereocenters. The van der Waals surface area contributed by atoms with Gasteiger partial charge in [-0.3, -0.25) is 9.59 Å².